The summed E-state index contributed by atoms with van der Waals surface area (Å²) in [4.78, 5) is 15.5. The Kier molecular flexibility index (Phi) is 8.42. The molecule has 9 aromatic carbocycles. The van der Waals surface area contributed by atoms with Crippen LogP contribution in [0.1, 0.15) is 27.8 Å². The van der Waals surface area contributed by atoms with Gasteiger partial charge < -0.3 is 0 Å². The standard InChI is InChI=1S/C59H36N4/c60-37-44-24-15-29-54-55(44)50-36-42(30-31-53(50)59(54)51-27-12-10-25-48(51)49-26-11-13-28-52(49)59)41-22-14-23-43(32-41)57-61-56(40-20-8-3-9-21-40)62-58(63-57)47-34-45(38-16-4-1-5-17-38)33-46(35-47)39-18-6-2-7-19-39/h1-36H. The lowest BCUT2D eigenvalue weighted by Crippen LogP contribution is -2.25. The molecule has 0 saturated heterocycles. The van der Waals surface area contributed by atoms with Gasteiger partial charge >= 0.3 is 0 Å². The molecule has 0 atom stereocenters. The maximum Gasteiger partial charge on any atom is 0.164 e. The van der Waals surface area contributed by atoms with Crippen LogP contribution in [0.5, 0.6) is 0 Å². The van der Waals surface area contributed by atoms with Crippen LogP contribution in [0.25, 0.3) is 89.8 Å². The number of fused-ring (bicyclic) bond motifs is 10. The van der Waals surface area contributed by atoms with Gasteiger partial charge in [-0.2, -0.15) is 5.26 Å². The van der Waals surface area contributed by atoms with Crippen molar-refractivity contribution in [3.05, 3.63) is 246 Å². The fourth-order valence-corrected chi connectivity index (χ4v) is 10.0. The van der Waals surface area contributed by atoms with Crippen molar-refractivity contribution in [2.24, 2.45) is 0 Å². The van der Waals surface area contributed by atoms with E-state index in [1.807, 2.05) is 54.6 Å². The van der Waals surface area contributed by atoms with Crippen molar-refractivity contribution >= 4 is 0 Å². The molecule has 1 heterocycles. The third-order valence-corrected chi connectivity index (χ3v) is 12.8. The maximum atomic E-state index is 10.6. The summed E-state index contributed by atoms with van der Waals surface area (Å²) in [5.41, 5.74) is 18.7. The summed E-state index contributed by atoms with van der Waals surface area (Å²) in [6.45, 7) is 0. The second kappa shape index (κ2) is 14.6. The van der Waals surface area contributed by atoms with E-state index >= 15 is 0 Å². The first-order chi connectivity index (χ1) is 31.2. The number of rotatable bonds is 6. The van der Waals surface area contributed by atoms with Gasteiger partial charge in [0.1, 0.15) is 0 Å². The van der Waals surface area contributed by atoms with E-state index in [0.29, 0.717) is 23.0 Å². The van der Waals surface area contributed by atoms with Gasteiger partial charge in [-0.15, -0.1) is 0 Å². The summed E-state index contributed by atoms with van der Waals surface area (Å²) in [6, 6.07) is 79.1. The first-order valence-corrected chi connectivity index (χ1v) is 21.2. The lowest BCUT2D eigenvalue weighted by atomic mass is 9.70. The predicted molar refractivity (Wildman–Crippen MR) is 253 cm³/mol. The molecule has 0 fully saturated rings. The van der Waals surface area contributed by atoms with Crippen LogP contribution in [-0.2, 0) is 5.41 Å². The van der Waals surface area contributed by atoms with Gasteiger partial charge in [0, 0.05) is 22.3 Å². The Labute approximate surface area is 366 Å². The third-order valence-electron chi connectivity index (χ3n) is 12.8. The summed E-state index contributed by atoms with van der Waals surface area (Å²) in [7, 11) is 0. The molecule has 0 amide bonds. The van der Waals surface area contributed by atoms with E-state index in [0.717, 1.165) is 66.8 Å². The summed E-state index contributed by atoms with van der Waals surface area (Å²) >= 11 is 0. The average Bonchev–Trinajstić information content (AvgIpc) is 3.84. The number of hydrogen-bond donors (Lipinski definition) is 0. The van der Waals surface area contributed by atoms with Crippen molar-refractivity contribution in [1.82, 2.24) is 15.0 Å². The Balaban J connectivity index is 1.02. The van der Waals surface area contributed by atoms with Crippen LogP contribution in [0.4, 0.5) is 0 Å². The molecule has 1 aromatic heterocycles. The quantitative estimate of drug-likeness (QED) is 0.168. The number of aromatic nitrogens is 3. The van der Waals surface area contributed by atoms with Gasteiger partial charge in [-0.25, -0.2) is 15.0 Å². The molecule has 2 aliphatic rings. The highest BCUT2D eigenvalue weighted by Crippen LogP contribution is 2.63. The Bertz CT molecular complexity index is 3360. The number of nitriles is 1. The monoisotopic (exact) mass is 800 g/mol. The van der Waals surface area contributed by atoms with Crippen LogP contribution in [-0.4, -0.2) is 15.0 Å². The molecule has 4 nitrogen and oxygen atoms in total. The normalized spacial score (nSPS) is 12.6. The van der Waals surface area contributed by atoms with Crippen molar-refractivity contribution in [1.29, 1.82) is 5.26 Å². The minimum atomic E-state index is -0.529. The zero-order valence-electron chi connectivity index (χ0n) is 34.1. The first kappa shape index (κ1) is 36.3. The molecule has 292 valence electrons. The van der Waals surface area contributed by atoms with E-state index in [4.69, 9.17) is 15.0 Å². The predicted octanol–water partition coefficient (Wildman–Crippen LogP) is 14.1. The molecular weight excluding hydrogens is 765 g/mol. The van der Waals surface area contributed by atoms with Gasteiger partial charge in [-0.05, 0) is 109 Å². The molecule has 0 aliphatic heterocycles. The molecule has 0 bridgehead atoms. The fraction of sp³-hybridized carbons (Fsp3) is 0.0169. The van der Waals surface area contributed by atoms with Crippen LogP contribution < -0.4 is 0 Å². The lowest BCUT2D eigenvalue weighted by molar-refractivity contribution is 0.793. The Hall–Kier alpha value is -8.52. The van der Waals surface area contributed by atoms with E-state index < -0.39 is 5.41 Å². The fourth-order valence-electron chi connectivity index (χ4n) is 10.0. The number of nitrogens with zero attached hydrogens (tertiary/aromatic N) is 4. The molecule has 4 heteroatoms. The molecule has 0 radical (unpaired) electrons. The van der Waals surface area contributed by atoms with Crippen LogP contribution in [0.3, 0.4) is 0 Å². The summed E-state index contributed by atoms with van der Waals surface area (Å²) in [5.74, 6) is 1.79. The topological polar surface area (TPSA) is 62.5 Å². The van der Waals surface area contributed by atoms with Crippen molar-refractivity contribution in [3.8, 4) is 95.9 Å². The van der Waals surface area contributed by atoms with Crippen molar-refractivity contribution in [2.75, 3.05) is 0 Å². The summed E-state index contributed by atoms with van der Waals surface area (Å²) < 4.78 is 0. The Morgan fingerprint density at radius 3 is 1.35 bits per heavy atom. The van der Waals surface area contributed by atoms with Gasteiger partial charge in [-0.3, -0.25) is 0 Å². The zero-order chi connectivity index (χ0) is 41.9. The van der Waals surface area contributed by atoms with E-state index in [1.54, 1.807) is 0 Å². The summed E-state index contributed by atoms with van der Waals surface area (Å²) in [5, 5.41) is 10.6. The van der Waals surface area contributed by atoms with Gasteiger partial charge in [-0.1, -0.05) is 182 Å². The highest BCUT2D eigenvalue weighted by molar-refractivity contribution is 5.97. The summed E-state index contributed by atoms with van der Waals surface area (Å²) in [6.07, 6.45) is 0. The first-order valence-electron chi connectivity index (χ1n) is 21.2. The number of hydrogen-bond acceptors (Lipinski definition) is 4. The second-order valence-electron chi connectivity index (χ2n) is 16.2. The van der Waals surface area contributed by atoms with Crippen LogP contribution in [0, 0.1) is 11.3 Å². The van der Waals surface area contributed by atoms with Crippen LogP contribution in [0.2, 0.25) is 0 Å². The molecular formula is C59H36N4. The minimum Gasteiger partial charge on any atom is -0.208 e. The minimum absolute atomic E-state index is 0.529. The Morgan fingerprint density at radius 2 is 0.730 bits per heavy atom. The highest BCUT2D eigenvalue weighted by Gasteiger charge is 2.52. The maximum absolute atomic E-state index is 10.6. The molecule has 0 unspecified atom stereocenters. The van der Waals surface area contributed by atoms with Crippen molar-refractivity contribution < 1.29 is 0 Å². The van der Waals surface area contributed by atoms with E-state index in [-0.39, 0.29) is 0 Å². The smallest absolute Gasteiger partial charge is 0.164 e. The largest absolute Gasteiger partial charge is 0.208 e. The van der Waals surface area contributed by atoms with E-state index in [9.17, 15) is 5.26 Å². The average molecular weight is 801 g/mol. The lowest BCUT2D eigenvalue weighted by Gasteiger charge is -2.30. The highest BCUT2D eigenvalue weighted by atomic mass is 15.0. The van der Waals surface area contributed by atoms with E-state index in [1.165, 1.54) is 27.8 Å². The molecule has 2 aliphatic carbocycles. The molecule has 63 heavy (non-hydrogen) atoms. The molecule has 12 rings (SSSR count). The molecule has 0 saturated carbocycles. The second-order valence-corrected chi connectivity index (χ2v) is 16.2. The van der Waals surface area contributed by atoms with Gasteiger partial charge in [0.15, 0.2) is 17.5 Å². The van der Waals surface area contributed by atoms with Crippen molar-refractivity contribution in [2.45, 2.75) is 5.41 Å². The van der Waals surface area contributed by atoms with Gasteiger partial charge in [0.2, 0.25) is 0 Å². The van der Waals surface area contributed by atoms with Gasteiger partial charge in [0.25, 0.3) is 0 Å². The SMILES string of the molecule is N#Cc1cccc2c1-c1cc(-c3cccc(-c4nc(-c5ccccc5)nc(-c5cc(-c6ccccc6)cc(-c6ccccc6)c5)n4)c3)ccc1C21c2ccccc2-c2ccccc21. The van der Waals surface area contributed by atoms with Crippen molar-refractivity contribution in [3.63, 3.8) is 0 Å². The Morgan fingerprint density at radius 1 is 0.302 bits per heavy atom. The third kappa shape index (κ3) is 5.79. The van der Waals surface area contributed by atoms with E-state index in [2.05, 4.69) is 170 Å². The number of benzene rings is 9. The molecule has 10 aromatic rings. The van der Waals surface area contributed by atoms with Crippen LogP contribution in [0.15, 0.2) is 218 Å². The van der Waals surface area contributed by atoms with Gasteiger partial charge in [0.05, 0.1) is 17.0 Å². The molecule has 0 N–H and O–H groups in total. The van der Waals surface area contributed by atoms with Crippen LogP contribution >= 0.6 is 0 Å². The zero-order valence-corrected chi connectivity index (χ0v) is 34.1. The molecule has 1 spiro atoms.